The lowest BCUT2D eigenvalue weighted by Gasteiger charge is -2.20. The molecule has 0 N–H and O–H groups in total. The van der Waals surface area contributed by atoms with Crippen LogP contribution >= 0.6 is 27.5 Å². The second-order valence-corrected chi connectivity index (χ2v) is 4.27. The summed E-state index contributed by atoms with van der Waals surface area (Å²) in [6.07, 6.45) is 4.17. The van der Waals surface area contributed by atoms with Gasteiger partial charge in [-0.1, -0.05) is 15.9 Å². The normalized spacial score (nSPS) is 23.4. The SMILES string of the molecule is BrCC1CCCN1c1ncns1. The molecule has 1 aliphatic heterocycles. The number of alkyl halides is 1. The highest BCUT2D eigenvalue weighted by Crippen LogP contribution is 2.26. The van der Waals surface area contributed by atoms with Gasteiger partial charge in [-0.05, 0) is 12.8 Å². The second-order valence-electron chi connectivity index (χ2n) is 2.87. The van der Waals surface area contributed by atoms with E-state index in [9.17, 15) is 0 Å². The van der Waals surface area contributed by atoms with E-state index in [1.165, 1.54) is 24.4 Å². The first-order chi connectivity index (χ1) is 5.92. The van der Waals surface area contributed by atoms with Gasteiger partial charge in [0, 0.05) is 29.4 Å². The maximum atomic E-state index is 4.21. The summed E-state index contributed by atoms with van der Waals surface area (Å²) in [6, 6.07) is 0.623. The van der Waals surface area contributed by atoms with Crippen molar-refractivity contribution in [2.45, 2.75) is 18.9 Å². The van der Waals surface area contributed by atoms with E-state index in [1.807, 2.05) is 0 Å². The van der Waals surface area contributed by atoms with Crippen LogP contribution in [0.25, 0.3) is 0 Å². The van der Waals surface area contributed by atoms with E-state index in [4.69, 9.17) is 0 Å². The van der Waals surface area contributed by atoms with E-state index in [2.05, 4.69) is 30.2 Å². The topological polar surface area (TPSA) is 29.0 Å². The number of anilines is 1. The Bertz CT molecular complexity index is 239. The van der Waals surface area contributed by atoms with E-state index in [0.29, 0.717) is 6.04 Å². The number of aromatic nitrogens is 2. The molecule has 1 aromatic heterocycles. The predicted octanol–water partition coefficient (Wildman–Crippen LogP) is 1.90. The Kier molecular flexibility index (Phi) is 2.60. The molecule has 1 saturated heterocycles. The molecule has 2 heterocycles. The van der Waals surface area contributed by atoms with Gasteiger partial charge in [-0.3, -0.25) is 0 Å². The molecule has 2 rings (SSSR count). The molecule has 1 atom stereocenters. The molecular formula is C7H10BrN3S. The van der Waals surface area contributed by atoms with Gasteiger partial charge < -0.3 is 4.90 Å². The fraction of sp³-hybridized carbons (Fsp3) is 0.714. The van der Waals surface area contributed by atoms with Crippen molar-refractivity contribution >= 4 is 32.6 Å². The minimum absolute atomic E-state index is 0.623. The van der Waals surface area contributed by atoms with Crippen LogP contribution in [0.3, 0.4) is 0 Å². The highest BCUT2D eigenvalue weighted by atomic mass is 79.9. The van der Waals surface area contributed by atoms with E-state index in [-0.39, 0.29) is 0 Å². The van der Waals surface area contributed by atoms with E-state index in [1.54, 1.807) is 6.33 Å². The monoisotopic (exact) mass is 247 g/mol. The first kappa shape index (κ1) is 8.44. The Morgan fingerprint density at radius 2 is 2.67 bits per heavy atom. The molecule has 1 aromatic rings. The van der Waals surface area contributed by atoms with Crippen LogP contribution in [0, 0.1) is 0 Å². The summed E-state index contributed by atoms with van der Waals surface area (Å²) in [5.74, 6) is 0. The molecule has 0 bridgehead atoms. The average molecular weight is 248 g/mol. The van der Waals surface area contributed by atoms with Crippen molar-refractivity contribution in [3.8, 4) is 0 Å². The Morgan fingerprint density at radius 1 is 1.75 bits per heavy atom. The summed E-state index contributed by atoms with van der Waals surface area (Å²) in [5, 5.41) is 2.10. The van der Waals surface area contributed by atoms with Crippen LogP contribution in [0.5, 0.6) is 0 Å². The van der Waals surface area contributed by atoms with Crippen LogP contribution in [0.15, 0.2) is 6.33 Å². The average Bonchev–Trinajstić information content (AvgIpc) is 2.74. The van der Waals surface area contributed by atoms with E-state index in [0.717, 1.165) is 17.0 Å². The molecule has 1 aliphatic rings. The molecule has 0 aliphatic carbocycles. The summed E-state index contributed by atoms with van der Waals surface area (Å²) in [6.45, 7) is 1.13. The molecule has 5 heteroatoms. The molecule has 0 radical (unpaired) electrons. The fourth-order valence-corrected chi connectivity index (χ4v) is 2.84. The number of rotatable bonds is 2. The van der Waals surface area contributed by atoms with Crippen molar-refractivity contribution in [1.29, 1.82) is 0 Å². The quantitative estimate of drug-likeness (QED) is 0.748. The zero-order valence-electron chi connectivity index (χ0n) is 6.61. The summed E-state index contributed by atoms with van der Waals surface area (Å²) < 4.78 is 4.01. The number of hydrogen-bond donors (Lipinski definition) is 0. The van der Waals surface area contributed by atoms with E-state index < -0.39 is 0 Å². The highest BCUT2D eigenvalue weighted by molar-refractivity contribution is 9.09. The molecule has 66 valence electrons. The second kappa shape index (κ2) is 3.70. The Hall–Kier alpha value is -0.160. The smallest absolute Gasteiger partial charge is 0.205 e. The minimum atomic E-state index is 0.623. The largest absolute Gasteiger partial charge is 0.343 e. The van der Waals surface area contributed by atoms with Crippen molar-refractivity contribution in [2.24, 2.45) is 0 Å². The molecule has 1 unspecified atom stereocenters. The van der Waals surface area contributed by atoms with Crippen LogP contribution in [-0.2, 0) is 0 Å². The lowest BCUT2D eigenvalue weighted by atomic mass is 10.2. The first-order valence-corrected chi connectivity index (χ1v) is 5.90. The third-order valence-corrected chi connectivity index (χ3v) is 3.60. The van der Waals surface area contributed by atoms with E-state index >= 15 is 0 Å². The molecule has 1 fully saturated rings. The van der Waals surface area contributed by atoms with Crippen molar-refractivity contribution in [3.05, 3.63) is 6.33 Å². The van der Waals surface area contributed by atoms with Crippen molar-refractivity contribution in [1.82, 2.24) is 9.36 Å². The van der Waals surface area contributed by atoms with Crippen LogP contribution in [0.4, 0.5) is 5.13 Å². The summed E-state index contributed by atoms with van der Waals surface area (Å²) in [4.78, 5) is 6.55. The van der Waals surface area contributed by atoms with Crippen molar-refractivity contribution < 1.29 is 0 Å². The molecular weight excluding hydrogens is 238 g/mol. The van der Waals surface area contributed by atoms with Gasteiger partial charge in [0.25, 0.3) is 0 Å². The maximum absolute atomic E-state index is 4.21. The number of halogens is 1. The third kappa shape index (κ3) is 1.47. The highest BCUT2D eigenvalue weighted by Gasteiger charge is 2.25. The van der Waals surface area contributed by atoms with Gasteiger partial charge in [0.05, 0.1) is 0 Å². The summed E-state index contributed by atoms with van der Waals surface area (Å²) in [5.41, 5.74) is 0. The Labute approximate surface area is 84.1 Å². The van der Waals surface area contributed by atoms with Crippen LogP contribution in [-0.4, -0.2) is 27.3 Å². The lowest BCUT2D eigenvalue weighted by molar-refractivity contribution is 0.748. The predicted molar refractivity (Wildman–Crippen MR) is 54.1 cm³/mol. The molecule has 0 spiro atoms. The van der Waals surface area contributed by atoms with Gasteiger partial charge in [-0.2, -0.15) is 4.37 Å². The molecule has 0 aromatic carbocycles. The Balaban J connectivity index is 2.13. The van der Waals surface area contributed by atoms with Gasteiger partial charge in [0.15, 0.2) is 0 Å². The first-order valence-electron chi connectivity index (χ1n) is 4.01. The zero-order chi connectivity index (χ0) is 8.39. The van der Waals surface area contributed by atoms with Gasteiger partial charge in [0.1, 0.15) is 6.33 Å². The summed E-state index contributed by atoms with van der Waals surface area (Å²) in [7, 11) is 0. The van der Waals surface area contributed by atoms with Crippen molar-refractivity contribution in [2.75, 3.05) is 16.8 Å². The van der Waals surface area contributed by atoms with Gasteiger partial charge in [0.2, 0.25) is 5.13 Å². The minimum Gasteiger partial charge on any atom is -0.343 e. The Morgan fingerprint density at radius 3 is 3.33 bits per heavy atom. The molecule has 0 saturated carbocycles. The van der Waals surface area contributed by atoms with Crippen LogP contribution in [0.1, 0.15) is 12.8 Å². The van der Waals surface area contributed by atoms with Gasteiger partial charge >= 0.3 is 0 Å². The number of nitrogens with zero attached hydrogens (tertiary/aromatic N) is 3. The fourth-order valence-electron chi connectivity index (χ4n) is 1.54. The van der Waals surface area contributed by atoms with Crippen LogP contribution < -0.4 is 4.90 Å². The van der Waals surface area contributed by atoms with Crippen molar-refractivity contribution in [3.63, 3.8) is 0 Å². The van der Waals surface area contributed by atoms with Crippen LogP contribution in [0.2, 0.25) is 0 Å². The lowest BCUT2D eigenvalue weighted by Crippen LogP contribution is -2.30. The van der Waals surface area contributed by atoms with Gasteiger partial charge in [-0.15, -0.1) is 0 Å². The van der Waals surface area contributed by atoms with Gasteiger partial charge in [-0.25, -0.2) is 4.98 Å². The standard InChI is InChI=1S/C7H10BrN3S/c8-4-6-2-1-3-11(6)7-9-5-10-12-7/h5-6H,1-4H2. The summed E-state index contributed by atoms with van der Waals surface area (Å²) >= 11 is 5.00. The zero-order valence-corrected chi connectivity index (χ0v) is 9.01. The number of hydrogen-bond acceptors (Lipinski definition) is 4. The molecule has 0 amide bonds. The molecule has 12 heavy (non-hydrogen) atoms. The third-order valence-electron chi connectivity index (χ3n) is 2.15. The molecule has 3 nitrogen and oxygen atoms in total. The maximum Gasteiger partial charge on any atom is 0.205 e.